The third-order valence-electron chi connectivity index (χ3n) is 5.46. The van der Waals surface area contributed by atoms with Crippen molar-refractivity contribution < 1.29 is 0 Å². The maximum atomic E-state index is 3.58. The van der Waals surface area contributed by atoms with Crippen LogP contribution in [0.1, 0.15) is 11.1 Å². The molecule has 29 heavy (non-hydrogen) atoms. The summed E-state index contributed by atoms with van der Waals surface area (Å²) in [5.41, 5.74) is 7.84. The van der Waals surface area contributed by atoms with Crippen molar-refractivity contribution in [1.82, 2.24) is 0 Å². The highest BCUT2D eigenvalue weighted by Crippen LogP contribution is 2.43. The van der Waals surface area contributed by atoms with E-state index in [1.54, 1.807) is 0 Å². The van der Waals surface area contributed by atoms with E-state index in [0.717, 1.165) is 15.4 Å². The van der Waals surface area contributed by atoms with E-state index < -0.39 is 0 Å². The Morgan fingerprint density at radius 1 is 0.586 bits per heavy atom. The Morgan fingerprint density at radius 3 is 1.76 bits per heavy atom. The number of allylic oxidation sites excluding steroid dienone is 3. The maximum Gasteiger partial charge on any atom is 0.0175 e. The Kier molecular flexibility index (Phi) is 4.99. The van der Waals surface area contributed by atoms with Crippen molar-refractivity contribution in [3.05, 3.63) is 111 Å². The second-order valence-electron chi connectivity index (χ2n) is 7.19. The fraction of sp³-hybridized carbons (Fsp3) is 0.0370. The van der Waals surface area contributed by atoms with Crippen LogP contribution in [0.25, 0.3) is 39.1 Å². The average molecular weight is 502 g/mol. The lowest BCUT2D eigenvalue weighted by molar-refractivity contribution is 1.28. The predicted molar refractivity (Wildman–Crippen MR) is 132 cm³/mol. The van der Waals surface area contributed by atoms with E-state index in [0.29, 0.717) is 0 Å². The van der Waals surface area contributed by atoms with Crippen molar-refractivity contribution in [2.24, 2.45) is 0 Å². The lowest BCUT2D eigenvalue weighted by Gasteiger charge is -2.21. The van der Waals surface area contributed by atoms with Gasteiger partial charge in [-0.3, -0.25) is 0 Å². The Hall–Kier alpha value is -2.42. The third kappa shape index (κ3) is 3.41. The van der Waals surface area contributed by atoms with Crippen LogP contribution < -0.4 is 0 Å². The summed E-state index contributed by atoms with van der Waals surface area (Å²) in [6, 6.07) is 26.1. The van der Waals surface area contributed by atoms with E-state index in [4.69, 9.17) is 0 Å². The zero-order chi connectivity index (χ0) is 19.8. The zero-order valence-corrected chi connectivity index (χ0v) is 18.9. The summed E-state index contributed by atoms with van der Waals surface area (Å²) < 4.78 is 2.20. The van der Waals surface area contributed by atoms with Crippen LogP contribution in [0.2, 0.25) is 0 Å². The molecule has 0 fully saturated rings. The highest BCUT2D eigenvalue weighted by molar-refractivity contribution is 9.10. The van der Waals surface area contributed by atoms with Gasteiger partial charge in [0.15, 0.2) is 0 Å². The number of hydrogen-bond donors (Lipinski definition) is 0. The first-order valence-electron chi connectivity index (χ1n) is 9.65. The molecule has 0 aliphatic heterocycles. The normalized spacial score (nSPS) is 12.8. The molecule has 0 amide bonds. The van der Waals surface area contributed by atoms with Gasteiger partial charge in [0.25, 0.3) is 0 Å². The number of benzene rings is 4. The molecule has 0 saturated carbocycles. The molecule has 4 aromatic rings. The van der Waals surface area contributed by atoms with Gasteiger partial charge in [0.1, 0.15) is 0 Å². The van der Waals surface area contributed by atoms with E-state index in [9.17, 15) is 0 Å². The number of rotatable bonds is 2. The van der Waals surface area contributed by atoms with E-state index in [-0.39, 0.29) is 0 Å². The minimum atomic E-state index is 0.919. The van der Waals surface area contributed by atoms with Gasteiger partial charge in [-0.15, -0.1) is 0 Å². The van der Waals surface area contributed by atoms with Gasteiger partial charge in [0.05, 0.1) is 0 Å². The molecule has 0 spiro atoms. The molecule has 0 saturated heterocycles. The molecule has 0 bridgehead atoms. The van der Waals surface area contributed by atoms with Crippen molar-refractivity contribution in [2.45, 2.75) is 6.42 Å². The molecular formula is C27H18Br2. The van der Waals surface area contributed by atoms with Crippen LogP contribution >= 0.6 is 31.9 Å². The lowest BCUT2D eigenvalue weighted by atomic mass is 9.83. The quantitative estimate of drug-likeness (QED) is 0.257. The molecule has 0 radical (unpaired) electrons. The molecule has 4 aromatic carbocycles. The average Bonchev–Trinajstić information content (AvgIpc) is 2.99. The summed E-state index contributed by atoms with van der Waals surface area (Å²) >= 11 is 7.15. The standard InChI is InChI=1S/C27H18Br2/c28-20-14-10-18(11-15-20)26-22-6-2-1-3-7-23(22)27(19-12-16-21(29)17-13-19)25-9-5-4-8-24(25)26/h1-6,8-17H,7H2. The summed E-state index contributed by atoms with van der Waals surface area (Å²) in [6.45, 7) is 0. The van der Waals surface area contributed by atoms with Crippen LogP contribution in [-0.4, -0.2) is 0 Å². The van der Waals surface area contributed by atoms with Crippen LogP contribution in [0.4, 0.5) is 0 Å². The third-order valence-corrected chi connectivity index (χ3v) is 6.52. The molecule has 0 nitrogen and oxygen atoms in total. The summed E-state index contributed by atoms with van der Waals surface area (Å²) in [5.74, 6) is 0. The van der Waals surface area contributed by atoms with Gasteiger partial charge in [-0.25, -0.2) is 0 Å². The Labute approximate surface area is 187 Å². The first kappa shape index (κ1) is 18.6. The van der Waals surface area contributed by atoms with Crippen molar-refractivity contribution in [3.63, 3.8) is 0 Å². The molecule has 1 aliphatic carbocycles. The van der Waals surface area contributed by atoms with Crippen LogP contribution in [0.5, 0.6) is 0 Å². The molecule has 1 aliphatic rings. The molecular weight excluding hydrogens is 484 g/mol. The molecule has 0 N–H and O–H groups in total. The van der Waals surface area contributed by atoms with E-state index >= 15 is 0 Å². The summed E-state index contributed by atoms with van der Waals surface area (Å²) in [7, 11) is 0. The van der Waals surface area contributed by atoms with Gasteiger partial charge in [0, 0.05) is 8.95 Å². The summed E-state index contributed by atoms with van der Waals surface area (Å²) in [5, 5.41) is 2.59. The van der Waals surface area contributed by atoms with Crippen molar-refractivity contribution in [1.29, 1.82) is 0 Å². The molecule has 140 valence electrons. The first-order chi connectivity index (χ1) is 14.2. The molecule has 0 atom stereocenters. The minimum absolute atomic E-state index is 0.919. The second-order valence-corrected chi connectivity index (χ2v) is 9.02. The summed E-state index contributed by atoms with van der Waals surface area (Å²) in [6.07, 6.45) is 9.76. The molecule has 0 heterocycles. The predicted octanol–water partition coefficient (Wildman–Crippen LogP) is 8.82. The van der Waals surface area contributed by atoms with Crippen LogP contribution in [0, 0.1) is 0 Å². The van der Waals surface area contributed by atoms with Crippen LogP contribution in [0.15, 0.2) is 100.0 Å². The van der Waals surface area contributed by atoms with Gasteiger partial charge >= 0.3 is 0 Å². The van der Waals surface area contributed by atoms with Gasteiger partial charge in [0.2, 0.25) is 0 Å². The number of fused-ring (bicyclic) bond motifs is 2. The molecule has 5 rings (SSSR count). The molecule has 0 aromatic heterocycles. The Bertz CT molecular complexity index is 1260. The first-order valence-corrected chi connectivity index (χ1v) is 11.2. The smallest absolute Gasteiger partial charge is 0.0175 e. The fourth-order valence-corrected chi connectivity index (χ4v) is 4.73. The van der Waals surface area contributed by atoms with Gasteiger partial charge in [-0.05, 0) is 74.8 Å². The van der Waals surface area contributed by atoms with E-state index in [2.05, 4.69) is 129 Å². The van der Waals surface area contributed by atoms with Crippen molar-refractivity contribution in [3.8, 4) is 22.3 Å². The second kappa shape index (κ2) is 7.78. The topological polar surface area (TPSA) is 0 Å². The highest BCUT2D eigenvalue weighted by atomic mass is 79.9. The van der Waals surface area contributed by atoms with E-state index in [1.165, 1.54) is 44.2 Å². The molecule has 0 unspecified atom stereocenters. The summed E-state index contributed by atoms with van der Waals surface area (Å²) in [4.78, 5) is 0. The van der Waals surface area contributed by atoms with Gasteiger partial charge in [-0.2, -0.15) is 0 Å². The Morgan fingerprint density at radius 2 is 1.14 bits per heavy atom. The maximum absolute atomic E-state index is 3.58. The fourth-order valence-electron chi connectivity index (χ4n) is 4.20. The van der Waals surface area contributed by atoms with E-state index in [1.807, 2.05) is 0 Å². The van der Waals surface area contributed by atoms with Crippen molar-refractivity contribution in [2.75, 3.05) is 0 Å². The highest BCUT2D eigenvalue weighted by Gasteiger charge is 2.20. The zero-order valence-electron chi connectivity index (χ0n) is 15.7. The van der Waals surface area contributed by atoms with Gasteiger partial charge < -0.3 is 0 Å². The number of halogens is 2. The number of hydrogen-bond acceptors (Lipinski definition) is 0. The largest absolute Gasteiger partial charge is 0.0801 e. The van der Waals surface area contributed by atoms with Crippen LogP contribution in [0.3, 0.4) is 0 Å². The Balaban J connectivity index is 1.93. The monoisotopic (exact) mass is 500 g/mol. The molecule has 2 heteroatoms. The van der Waals surface area contributed by atoms with Crippen LogP contribution in [-0.2, 0) is 6.42 Å². The van der Waals surface area contributed by atoms with Gasteiger partial charge in [-0.1, -0.05) is 105 Å². The van der Waals surface area contributed by atoms with Crippen molar-refractivity contribution >= 4 is 48.7 Å². The minimum Gasteiger partial charge on any atom is -0.0801 e. The SMILES string of the molecule is Brc1ccc(-c2c3c(c(-c4ccc(Br)cc4)c4ccccc24)CC=CC=C3)cc1. The lowest BCUT2D eigenvalue weighted by Crippen LogP contribution is -1.98.